The summed E-state index contributed by atoms with van der Waals surface area (Å²) in [6.45, 7) is 3.70. The van der Waals surface area contributed by atoms with Gasteiger partial charge in [0.05, 0.1) is 27.1 Å². The minimum Gasteiger partial charge on any atom is -0.467 e. The van der Waals surface area contributed by atoms with Crippen LogP contribution in [0.25, 0.3) is 0 Å². The van der Waals surface area contributed by atoms with Gasteiger partial charge in [-0.25, -0.2) is 18.1 Å². The Bertz CT molecular complexity index is 751. The van der Waals surface area contributed by atoms with Crippen molar-refractivity contribution in [2.45, 2.75) is 31.5 Å². The Hall–Kier alpha value is -2.27. The molecule has 0 atom stereocenters. The molecule has 10 nitrogen and oxygen atoms in total. The first-order valence-electron chi connectivity index (χ1n) is 6.71. The monoisotopic (exact) mass is 342 g/mol. The van der Waals surface area contributed by atoms with Crippen LogP contribution in [-0.4, -0.2) is 47.1 Å². The van der Waals surface area contributed by atoms with Gasteiger partial charge in [0.2, 0.25) is 0 Å². The van der Waals surface area contributed by atoms with Crippen LogP contribution in [0.5, 0.6) is 12.0 Å². The highest BCUT2D eigenvalue weighted by Gasteiger charge is 2.19. The molecule has 0 aromatic carbocycles. The van der Waals surface area contributed by atoms with Crippen LogP contribution >= 0.6 is 0 Å². The molecule has 2 aromatic heterocycles. The van der Waals surface area contributed by atoms with Crippen LogP contribution in [0, 0.1) is 0 Å². The molecule has 0 radical (unpaired) electrons. The van der Waals surface area contributed by atoms with Crippen molar-refractivity contribution >= 4 is 10.0 Å². The van der Waals surface area contributed by atoms with Crippen molar-refractivity contribution in [1.82, 2.24) is 29.2 Å². The highest BCUT2D eigenvalue weighted by Crippen LogP contribution is 2.12. The molecule has 0 spiro atoms. The van der Waals surface area contributed by atoms with E-state index in [1.807, 2.05) is 13.8 Å². The summed E-state index contributed by atoms with van der Waals surface area (Å²) in [7, 11) is -0.994. The minimum atomic E-state index is -3.77. The van der Waals surface area contributed by atoms with Crippen molar-refractivity contribution in [3.05, 3.63) is 18.3 Å². The van der Waals surface area contributed by atoms with E-state index in [2.05, 4.69) is 24.7 Å². The average molecular weight is 342 g/mol. The molecule has 2 rings (SSSR count). The summed E-state index contributed by atoms with van der Waals surface area (Å²) in [4.78, 5) is 15.6. The predicted molar refractivity (Wildman–Crippen MR) is 79.6 cm³/mol. The molecule has 2 aromatic rings. The van der Waals surface area contributed by atoms with Gasteiger partial charge in [0.25, 0.3) is 10.0 Å². The number of hydrogen-bond donors (Lipinski definition) is 1. The largest absolute Gasteiger partial charge is 0.467 e. The van der Waals surface area contributed by atoms with E-state index in [1.165, 1.54) is 26.7 Å². The molecule has 0 aliphatic rings. The minimum absolute atomic E-state index is 0.0372. The number of methoxy groups -OCH3 is 2. The van der Waals surface area contributed by atoms with Gasteiger partial charge < -0.3 is 14.0 Å². The van der Waals surface area contributed by atoms with Gasteiger partial charge in [0, 0.05) is 12.2 Å². The Kier molecular flexibility index (Phi) is 5.11. The van der Waals surface area contributed by atoms with Crippen molar-refractivity contribution in [3.63, 3.8) is 0 Å². The molecule has 0 amide bonds. The second-order valence-electron chi connectivity index (χ2n) is 4.80. The van der Waals surface area contributed by atoms with Crippen molar-refractivity contribution in [1.29, 1.82) is 0 Å². The Morgan fingerprint density at radius 2 is 1.78 bits per heavy atom. The van der Waals surface area contributed by atoms with E-state index in [9.17, 15) is 8.42 Å². The lowest BCUT2D eigenvalue weighted by molar-refractivity contribution is 0.336. The zero-order valence-corrected chi connectivity index (χ0v) is 14.0. The molecule has 0 fully saturated rings. The molecule has 23 heavy (non-hydrogen) atoms. The Morgan fingerprint density at radius 3 is 2.26 bits per heavy atom. The maximum absolute atomic E-state index is 12.2. The van der Waals surface area contributed by atoms with E-state index < -0.39 is 10.0 Å². The van der Waals surface area contributed by atoms with Gasteiger partial charge in [-0.2, -0.15) is 9.97 Å². The maximum atomic E-state index is 12.2. The number of ether oxygens (including phenoxy) is 2. The molecule has 126 valence electrons. The summed E-state index contributed by atoms with van der Waals surface area (Å²) in [6.07, 6.45) is 2.93. The molecule has 0 aliphatic carbocycles. The summed E-state index contributed by atoms with van der Waals surface area (Å²) < 4.78 is 38.4. The third-order valence-electron chi connectivity index (χ3n) is 2.88. The third-order valence-corrected chi connectivity index (χ3v) is 4.16. The normalized spacial score (nSPS) is 11.7. The first kappa shape index (κ1) is 17.1. The van der Waals surface area contributed by atoms with Gasteiger partial charge in [-0.15, -0.1) is 4.98 Å². The van der Waals surface area contributed by atoms with Crippen molar-refractivity contribution in [2.75, 3.05) is 14.2 Å². The molecule has 0 bridgehead atoms. The molecule has 11 heteroatoms. The number of hydrogen-bond acceptors (Lipinski definition) is 8. The van der Waals surface area contributed by atoms with Gasteiger partial charge in [-0.3, -0.25) is 0 Å². The van der Waals surface area contributed by atoms with Crippen LogP contribution < -0.4 is 14.2 Å². The molecule has 0 unspecified atom stereocenters. The second kappa shape index (κ2) is 6.87. The van der Waals surface area contributed by atoms with Crippen molar-refractivity contribution in [2.24, 2.45) is 0 Å². The fraction of sp³-hybridized carbons (Fsp3) is 0.500. The van der Waals surface area contributed by atoms with E-state index in [0.29, 0.717) is 0 Å². The lowest BCUT2D eigenvalue weighted by Crippen LogP contribution is -2.25. The molecule has 1 N–H and O–H groups in total. The summed E-state index contributed by atoms with van der Waals surface area (Å²) in [5, 5.41) is -0.0702. The zero-order valence-electron chi connectivity index (χ0n) is 13.2. The topological polar surface area (TPSA) is 121 Å². The van der Waals surface area contributed by atoms with Crippen LogP contribution in [0.15, 0.2) is 17.6 Å². The Balaban J connectivity index is 2.15. The molecule has 0 saturated carbocycles. The van der Waals surface area contributed by atoms with E-state index >= 15 is 0 Å². The number of sulfonamides is 1. The first-order chi connectivity index (χ1) is 10.9. The van der Waals surface area contributed by atoms with Gasteiger partial charge in [-0.05, 0) is 13.8 Å². The zero-order chi connectivity index (χ0) is 17.0. The second-order valence-corrected chi connectivity index (χ2v) is 6.52. The Morgan fingerprint density at radius 1 is 1.17 bits per heavy atom. The van der Waals surface area contributed by atoms with E-state index in [-0.39, 0.29) is 35.5 Å². The highest BCUT2D eigenvalue weighted by atomic mass is 32.2. The maximum Gasteiger partial charge on any atom is 0.322 e. The molecule has 0 saturated heterocycles. The van der Waals surface area contributed by atoms with Gasteiger partial charge in [-0.1, -0.05) is 0 Å². The number of nitrogens with one attached hydrogen (secondary N) is 1. The lowest BCUT2D eigenvalue weighted by atomic mass is 10.4. The molecular formula is C12H18N6O4S. The first-order valence-corrected chi connectivity index (χ1v) is 8.20. The number of nitrogens with zero attached hydrogens (tertiary/aromatic N) is 5. The molecule has 2 heterocycles. The van der Waals surface area contributed by atoms with Crippen LogP contribution in [0.1, 0.15) is 25.7 Å². The van der Waals surface area contributed by atoms with E-state index in [4.69, 9.17) is 9.47 Å². The van der Waals surface area contributed by atoms with E-state index in [0.717, 1.165) is 0 Å². The molecular weight excluding hydrogens is 324 g/mol. The van der Waals surface area contributed by atoms with Gasteiger partial charge in [0.15, 0.2) is 10.9 Å². The quantitative estimate of drug-likeness (QED) is 0.754. The lowest BCUT2D eigenvalue weighted by Gasteiger charge is -2.06. The van der Waals surface area contributed by atoms with Crippen molar-refractivity contribution < 1.29 is 17.9 Å². The van der Waals surface area contributed by atoms with Crippen LogP contribution in [0.4, 0.5) is 0 Å². The smallest absolute Gasteiger partial charge is 0.322 e. The molecule has 0 aliphatic heterocycles. The van der Waals surface area contributed by atoms with Crippen LogP contribution in [-0.2, 0) is 16.6 Å². The SMILES string of the molecule is COc1nc(CNS(=O)(=O)c2cn(C(C)C)cn2)nc(OC)n1. The predicted octanol–water partition coefficient (Wildman–Crippen LogP) is 0.145. The average Bonchev–Trinajstić information content (AvgIpc) is 3.03. The fourth-order valence-corrected chi connectivity index (χ4v) is 2.53. The van der Waals surface area contributed by atoms with Crippen LogP contribution in [0.2, 0.25) is 0 Å². The summed E-state index contributed by atoms with van der Waals surface area (Å²) in [6, 6.07) is 0.189. The summed E-state index contributed by atoms with van der Waals surface area (Å²) >= 11 is 0. The Labute approximate surface area is 134 Å². The van der Waals surface area contributed by atoms with Gasteiger partial charge >= 0.3 is 12.0 Å². The summed E-state index contributed by atoms with van der Waals surface area (Å²) in [5.41, 5.74) is 0. The van der Waals surface area contributed by atoms with E-state index in [1.54, 1.807) is 4.57 Å². The number of imidazole rings is 1. The fourth-order valence-electron chi connectivity index (χ4n) is 1.61. The number of aromatic nitrogens is 5. The summed E-state index contributed by atoms with van der Waals surface area (Å²) in [5.74, 6) is 0.167. The standard InChI is InChI=1S/C12H18N6O4S/c1-8(2)18-6-10(13-7-18)23(19,20)14-5-9-15-11(21-3)17-12(16-9)22-4/h6-8,14H,5H2,1-4H3. The third kappa shape index (κ3) is 4.13. The van der Waals surface area contributed by atoms with Crippen LogP contribution in [0.3, 0.4) is 0 Å². The number of rotatable bonds is 7. The van der Waals surface area contributed by atoms with Gasteiger partial charge in [0.1, 0.15) is 0 Å². The van der Waals surface area contributed by atoms with Crippen molar-refractivity contribution in [3.8, 4) is 12.0 Å². The highest BCUT2D eigenvalue weighted by molar-refractivity contribution is 7.89.